The fraction of sp³-hybridized carbons (Fsp3) is 0.250. The molecule has 0 aliphatic heterocycles. The summed E-state index contributed by atoms with van der Waals surface area (Å²) in [7, 11) is 1.38. The van der Waals surface area contributed by atoms with Gasteiger partial charge in [0.2, 0.25) is 5.78 Å². The lowest BCUT2D eigenvalue weighted by molar-refractivity contribution is 0.103. The number of ketones is 1. The summed E-state index contributed by atoms with van der Waals surface area (Å²) in [5.41, 5.74) is 11.8. The van der Waals surface area contributed by atoms with Crippen LogP contribution in [0, 0.1) is 5.82 Å². The summed E-state index contributed by atoms with van der Waals surface area (Å²) in [6, 6.07) is 5.59. The number of rotatable bonds is 5. The number of anilines is 1. The third-order valence-corrected chi connectivity index (χ3v) is 3.47. The molecule has 0 aliphatic rings. The summed E-state index contributed by atoms with van der Waals surface area (Å²) in [5.74, 6) is -0.736. The van der Waals surface area contributed by atoms with Gasteiger partial charge in [-0.25, -0.2) is 9.37 Å². The molecule has 22 heavy (non-hydrogen) atoms. The lowest BCUT2D eigenvalue weighted by Gasteiger charge is -2.15. The highest BCUT2D eigenvalue weighted by atomic mass is 19.1. The molecule has 0 radical (unpaired) electrons. The first-order valence-electron chi connectivity index (χ1n) is 6.87. The Hall–Kier alpha value is -2.47. The first kappa shape index (κ1) is 15.9. The van der Waals surface area contributed by atoms with Gasteiger partial charge in [-0.15, -0.1) is 0 Å². The molecule has 5 nitrogen and oxygen atoms in total. The van der Waals surface area contributed by atoms with Crippen LogP contribution in [0.2, 0.25) is 0 Å². The van der Waals surface area contributed by atoms with Crippen molar-refractivity contribution in [2.24, 2.45) is 5.73 Å². The molecular formula is C16H18FN3O2. The number of carbonyl (C=O) groups excluding carboxylic acids is 1. The zero-order chi connectivity index (χ0) is 16.3. The minimum atomic E-state index is -0.657. The van der Waals surface area contributed by atoms with Gasteiger partial charge >= 0.3 is 0 Å². The third kappa shape index (κ3) is 2.92. The van der Waals surface area contributed by atoms with E-state index in [0.717, 1.165) is 0 Å². The van der Waals surface area contributed by atoms with Crippen molar-refractivity contribution < 1.29 is 13.9 Å². The quantitative estimate of drug-likeness (QED) is 0.828. The number of ether oxygens (including phenoxy) is 1. The van der Waals surface area contributed by atoms with Crippen LogP contribution in [0.1, 0.15) is 40.9 Å². The zero-order valence-corrected chi connectivity index (χ0v) is 12.5. The standard InChI is InChI=1S/C16H18FN3O2/c1-3-11(18)10-5-6-12(22-2)14(15(10)17)16(21)9-4-7-13(19)20-8-9/h4-8,11H,3,18H2,1-2H3,(H2,19,20)/t11-/m1/s1. The number of hydrogen-bond acceptors (Lipinski definition) is 5. The first-order chi connectivity index (χ1) is 10.5. The number of nitrogen functional groups attached to an aromatic ring is 1. The molecule has 116 valence electrons. The highest BCUT2D eigenvalue weighted by Gasteiger charge is 2.24. The minimum absolute atomic E-state index is 0.143. The molecule has 0 aliphatic carbocycles. The predicted molar refractivity (Wildman–Crippen MR) is 82.3 cm³/mol. The largest absolute Gasteiger partial charge is 0.496 e. The smallest absolute Gasteiger partial charge is 0.201 e. The third-order valence-electron chi connectivity index (χ3n) is 3.47. The van der Waals surface area contributed by atoms with Crippen molar-refractivity contribution in [2.45, 2.75) is 19.4 Å². The Morgan fingerprint density at radius 2 is 2.09 bits per heavy atom. The van der Waals surface area contributed by atoms with Gasteiger partial charge in [0.25, 0.3) is 0 Å². The Balaban J connectivity index is 2.56. The van der Waals surface area contributed by atoms with Crippen LogP contribution in [0.3, 0.4) is 0 Å². The van der Waals surface area contributed by atoms with E-state index in [1.807, 2.05) is 6.92 Å². The van der Waals surface area contributed by atoms with Crippen molar-refractivity contribution in [3.05, 3.63) is 53.0 Å². The summed E-state index contributed by atoms with van der Waals surface area (Å²) in [4.78, 5) is 16.4. The second-order valence-electron chi connectivity index (χ2n) is 4.86. The number of benzene rings is 1. The molecule has 0 unspecified atom stereocenters. The van der Waals surface area contributed by atoms with Gasteiger partial charge in [0, 0.05) is 23.4 Å². The number of methoxy groups -OCH3 is 1. The predicted octanol–water partition coefficient (Wildman–Crippen LogP) is 2.45. The Bertz CT molecular complexity index is 687. The number of carbonyl (C=O) groups is 1. The van der Waals surface area contributed by atoms with Gasteiger partial charge in [-0.3, -0.25) is 4.79 Å². The van der Waals surface area contributed by atoms with Crippen LogP contribution in [-0.2, 0) is 0 Å². The molecule has 2 aromatic rings. The van der Waals surface area contributed by atoms with Gasteiger partial charge < -0.3 is 16.2 Å². The van der Waals surface area contributed by atoms with Crippen molar-refractivity contribution in [3.8, 4) is 5.75 Å². The molecule has 0 saturated carbocycles. The van der Waals surface area contributed by atoms with Crippen LogP contribution in [-0.4, -0.2) is 17.9 Å². The average molecular weight is 303 g/mol. The van der Waals surface area contributed by atoms with E-state index in [1.165, 1.54) is 25.4 Å². The van der Waals surface area contributed by atoms with Gasteiger partial charge in [0.15, 0.2) is 0 Å². The number of pyridine rings is 1. The molecule has 4 N–H and O–H groups in total. The average Bonchev–Trinajstić information content (AvgIpc) is 2.53. The topological polar surface area (TPSA) is 91.2 Å². The number of aromatic nitrogens is 1. The Morgan fingerprint density at radius 3 is 2.64 bits per heavy atom. The minimum Gasteiger partial charge on any atom is -0.496 e. The number of halogens is 1. The van der Waals surface area contributed by atoms with Gasteiger partial charge in [-0.2, -0.15) is 0 Å². The fourth-order valence-corrected chi connectivity index (χ4v) is 2.15. The summed E-state index contributed by atoms with van der Waals surface area (Å²) < 4.78 is 19.9. The maximum absolute atomic E-state index is 14.7. The second-order valence-corrected chi connectivity index (χ2v) is 4.86. The molecule has 0 saturated heterocycles. The van der Waals surface area contributed by atoms with E-state index >= 15 is 0 Å². The molecular weight excluding hydrogens is 285 g/mol. The Labute approximate surface area is 128 Å². The summed E-state index contributed by atoms with van der Waals surface area (Å²) in [5, 5.41) is 0. The molecule has 1 aromatic carbocycles. The van der Waals surface area contributed by atoms with Crippen LogP contribution in [0.4, 0.5) is 10.2 Å². The zero-order valence-electron chi connectivity index (χ0n) is 12.5. The van der Waals surface area contributed by atoms with E-state index in [1.54, 1.807) is 12.1 Å². The number of nitrogens with two attached hydrogens (primary N) is 2. The van der Waals surface area contributed by atoms with Crippen molar-refractivity contribution in [2.75, 3.05) is 12.8 Å². The monoisotopic (exact) mass is 303 g/mol. The molecule has 1 aromatic heterocycles. The van der Waals surface area contributed by atoms with Gasteiger partial charge in [-0.05, 0) is 24.6 Å². The Morgan fingerprint density at radius 1 is 1.36 bits per heavy atom. The Kier molecular flexibility index (Phi) is 4.72. The van der Waals surface area contributed by atoms with E-state index < -0.39 is 17.6 Å². The molecule has 0 spiro atoms. The van der Waals surface area contributed by atoms with Crippen molar-refractivity contribution >= 4 is 11.6 Å². The maximum Gasteiger partial charge on any atom is 0.201 e. The van der Waals surface area contributed by atoms with Crippen molar-refractivity contribution in [1.29, 1.82) is 0 Å². The number of hydrogen-bond donors (Lipinski definition) is 2. The highest BCUT2D eigenvalue weighted by Crippen LogP contribution is 2.30. The van der Waals surface area contributed by atoms with Crippen LogP contribution < -0.4 is 16.2 Å². The van der Waals surface area contributed by atoms with Crippen LogP contribution in [0.25, 0.3) is 0 Å². The van der Waals surface area contributed by atoms with Crippen molar-refractivity contribution in [3.63, 3.8) is 0 Å². The van der Waals surface area contributed by atoms with Crippen LogP contribution in [0.15, 0.2) is 30.5 Å². The van der Waals surface area contributed by atoms with Gasteiger partial charge in [-0.1, -0.05) is 13.0 Å². The highest BCUT2D eigenvalue weighted by molar-refractivity contribution is 6.11. The van der Waals surface area contributed by atoms with E-state index in [2.05, 4.69) is 4.98 Å². The lowest BCUT2D eigenvalue weighted by atomic mass is 9.96. The fourth-order valence-electron chi connectivity index (χ4n) is 2.15. The van der Waals surface area contributed by atoms with E-state index in [9.17, 15) is 9.18 Å². The van der Waals surface area contributed by atoms with Crippen LogP contribution >= 0.6 is 0 Å². The molecule has 0 bridgehead atoms. The SMILES string of the molecule is CC[C@@H](N)c1ccc(OC)c(C(=O)c2ccc(N)nc2)c1F. The van der Waals surface area contributed by atoms with Gasteiger partial charge in [0.05, 0.1) is 7.11 Å². The van der Waals surface area contributed by atoms with Crippen LogP contribution in [0.5, 0.6) is 5.75 Å². The van der Waals surface area contributed by atoms with E-state index in [0.29, 0.717) is 6.42 Å². The lowest BCUT2D eigenvalue weighted by Crippen LogP contribution is -2.15. The molecule has 1 heterocycles. The number of nitrogens with zero attached hydrogens (tertiary/aromatic N) is 1. The second kappa shape index (κ2) is 6.53. The van der Waals surface area contributed by atoms with Crippen molar-refractivity contribution in [1.82, 2.24) is 4.98 Å². The van der Waals surface area contributed by atoms with E-state index in [4.69, 9.17) is 16.2 Å². The molecule has 0 fully saturated rings. The molecule has 0 amide bonds. The normalized spacial score (nSPS) is 12.0. The van der Waals surface area contributed by atoms with E-state index in [-0.39, 0.29) is 28.3 Å². The molecule has 6 heteroatoms. The summed E-state index contributed by atoms with van der Waals surface area (Å²) in [6.45, 7) is 1.85. The first-order valence-corrected chi connectivity index (χ1v) is 6.87. The summed E-state index contributed by atoms with van der Waals surface area (Å²) in [6.07, 6.45) is 1.86. The molecule has 1 atom stereocenters. The molecule has 2 rings (SSSR count). The van der Waals surface area contributed by atoms with Gasteiger partial charge in [0.1, 0.15) is 22.9 Å². The summed E-state index contributed by atoms with van der Waals surface area (Å²) >= 11 is 0. The maximum atomic E-state index is 14.7.